The Morgan fingerprint density at radius 1 is 1.43 bits per heavy atom. The summed E-state index contributed by atoms with van der Waals surface area (Å²) in [4.78, 5) is 39.9. The van der Waals surface area contributed by atoms with Crippen molar-refractivity contribution in [1.29, 1.82) is 0 Å². The Kier molecular flexibility index (Phi) is 4.77. The number of esters is 1. The summed E-state index contributed by atoms with van der Waals surface area (Å²) in [5.41, 5.74) is 0.863. The second-order valence-electron chi connectivity index (χ2n) is 5.20. The van der Waals surface area contributed by atoms with E-state index in [-0.39, 0.29) is 23.6 Å². The molecule has 21 heavy (non-hydrogen) atoms. The molecule has 1 unspecified atom stereocenters. The van der Waals surface area contributed by atoms with E-state index in [1.807, 2.05) is 0 Å². The molecule has 114 valence electrons. The molecule has 0 aromatic carbocycles. The number of rotatable bonds is 4. The normalized spacial score (nSPS) is 18.4. The molecule has 0 saturated carbocycles. The minimum atomic E-state index is -0.259. The molecule has 1 amide bonds. The number of amides is 1. The third kappa shape index (κ3) is 3.51. The summed E-state index contributed by atoms with van der Waals surface area (Å²) in [6.07, 6.45) is 3.05. The van der Waals surface area contributed by atoms with Crippen LogP contribution in [-0.4, -0.2) is 47.2 Å². The Morgan fingerprint density at radius 3 is 2.81 bits per heavy atom. The highest BCUT2D eigenvalue weighted by Crippen LogP contribution is 2.20. The third-order valence-electron chi connectivity index (χ3n) is 3.65. The van der Waals surface area contributed by atoms with Crippen molar-refractivity contribution in [2.45, 2.75) is 26.7 Å². The predicted molar refractivity (Wildman–Crippen MR) is 76.1 cm³/mol. The van der Waals surface area contributed by atoms with Crippen LogP contribution in [-0.2, 0) is 9.53 Å². The zero-order valence-corrected chi connectivity index (χ0v) is 12.3. The molecule has 0 radical (unpaired) electrons. The third-order valence-corrected chi connectivity index (χ3v) is 3.65. The van der Waals surface area contributed by atoms with Crippen molar-refractivity contribution in [3.63, 3.8) is 0 Å². The van der Waals surface area contributed by atoms with Crippen LogP contribution < -0.4 is 0 Å². The molecule has 1 atom stereocenters. The van der Waals surface area contributed by atoms with E-state index >= 15 is 0 Å². The van der Waals surface area contributed by atoms with Crippen molar-refractivity contribution in [2.24, 2.45) is 5.92 Å². The van der Waals surface area contributed by atoms with Crippen molar-refractivity contribution in [3.05, 3.63) is 23.5 Å². The van der Waals surface area contributed by atoms with Gasteiger partial charge in [-0.05, 0) is 32.8 Å². The summed E-state index contributed by atoms with van der Waals surface area (Å²) in [5.74, 6) is -0.777. The maximum Gasteiger partial charge on any atom is 0.310 e. The zero-order chi connectivity index (χ0) is 15.4. The van der Waals surface area contributed by atoms with Gasteiger partial charge in [-0.1, -0.05) is 0 Å². The first-order valence-corrected chi connectivity index (χ1v) is 7.18. The molecule has 1 aliphatic rings. The van der Waals surface area contributed by atoms with Gasteiger partial charge in [0.1, 0.15) is 5.69 Å². The number of likely N-dealkylation sites (tertiary alicyclic amines) is 1. The molecule has 6 heteroatoms. The van der Waals surface area contributed by atoms with Crippen LogP contribution in [0.25, 0.3) is 0 Å². The van der Waals surface area contributed by atoms with Gasteiger partial charge in [0.15, 0.2) is 5.78 Å². The molecule has 0 bridgehead atoms. The summed E-state index contributed by atoms with van der Waals surface area (Å²) in [5, 5.41) is 0. The quantitative estimate of drug-likeness (QED) is 0.675. The number of piperidine rings is 1. The van der Waals surface area contributed by atoms with Crippen molar-refractivity contribution < 1.29 is 19.1 Å². The molecule has 0 spiro atoms. The monoisotopic (exact) mass is 292 g/mol. The number of carbonyl (C=O) groups is 3. The summed E-state index contributed by atoms with van der Waals surface area (Å²) < 4.78 is 5.02. The first kappa shape index (κ1) is 15.3. The van der Waals surface area contributed by atoms with Gasteiger partial charge < -0.3 is 14.6 Å². The Hall–Kier alpha value is -2.11. The number of ketones is 1. The number of ether oxygens (including phenoxy) is 1. The van der Waals surface area contributed by atoms with Gasteiger partial charge in [-0.2, -0.15) is 0 Å². The lowest BCUT2D eigenvalue weighted by molar-refractivity contribution is -0.149. The number of nitrogens with one attached hydrogen (secondary N) is 1. The second kappa shape index (κ2) is 6.56. The Balaban J connectivity index is 2.04. The van der Waals surface area contributed by atoms with Crippen LogP contribution in [0.4, 0.5) is 0 Å². The summed E-state index contributed by atoms with van der Waals surface area (Å²) >= 11 is 0. The maximum atomic E-state index is 12.4. The number of hydrogen-bond acceptors (Lipinski definition) is 4. The fourth-order valence-electron chi connectivity index (χ4n) is 2.51. The Labute approximate surface area is 123 Å². The number of H-pyrrole nitrogens is 1. The fraction of sp³-hybridized carbons (Fsp3) is 0.533. The van der Waals surface area contributed by atoms with E-state index in [1.54, 1.807) is 17.9 Å². The average Bonchev–Trinajstić information content (AvgIpc) is 2.97. The Morgan fingerprint density at radius 2 is 2.19 bits per heavy atom. The van der Waals surface area contributed by atoms with Gasteiger partial charge in [0.25, 0.3) is 5.91 Å². The van der Waals surface area contributed by atoms with Crippen molar-refractivity contribution in [2.75, 3.05) is 19.7 Å². The minimum Gasteiger partial charge on any atom is -0.466 e. The zero-order valence-electron chi connectivity index (χ0n) is 12.3. The largest absolute Gasteiger partial charge is 0.466 e. The molecule has 1 aromatic heterocycles. The highest BCUT2D eigenvalue weighted by Gasteiger charge is 2.30. The fourth-order valence-corrected chi connectivity index (χ4v) is 2.51. The number of aromatic nitrogens is 1. The van der Waals surface area contributed by atoms with E-state index in [1.165, 1.54) is 13.1 Å². The molecule has 1 fully saturated rings. The second-order valence-corrected chi connectivity index (χ2v) is 5.20. The van der Waals surface area contributed by atoms with Gasteiger partial charge in [0, 0.05) is 24.8 Å². The minimum absolute atomic E-state index is 0.0895. The van der Waals surface area contributed by atoms with Crippen LogP contribution in [0, 0.1) is 5.92 Å². The van der Waals surface area contributed by atoms with Crippen LogP contribution in [0.1, 0.15) is 47.5 Å². The van der Waals surface area contributed by atoms with Crippen LogP contribution >= 0.6 is 0 Å². The van der Waals surface area contributed by atoms with Gasteiger partial charge in [0.05, 0.1) is 12.5 Å². The number of carbonyl (C=O) groups excluding carboxylic acids is 3. The van der Waals surface area contributed by atoms with E-state index in [4.69, 9.17) is 4.74 Å². The smallest absolute Gasteiger partial charge is 0.310 e. The van der Waals surface area contributed by atoms with E-state index in [9.17, 15) is 14.4 Å². The van der Waals surface area contributed by atoms with Crippen LogP contribution in [0.5, 0.6) is 0 Å². The van der Waals surface area contributed by atoms with E-state index in [0.29, 0.717) is 31.0 Å². The molecule has 6 nitrogen and oxygen atoms in total. The van der Waals surface area contributed by atoms with Gasteiger partial charge in [-0.3, -0.25) is 14.4 Å². The molecular formula is C15H20N2O4. The number of aromatic amines is 1. The van der Waals surface area contributed by atoms with Gasteiger partial charge in [0.2, 0.25) is 0 Å². The highest BCUT2D eigenvalue weighted by molar-refractivity contribution is 5.99. The van der Waals surface area contributed by atoms with E-state index in [2.05, 4.69) is 4.98 Å². The molecule has 1 saturated heterocycles. The molecule has 0 aliphatic carbocycles. The molecule has 2 heterocycles. The van der Waals surface area contributed by atoms with Crippen LogP contribution in [0.2, 0.25) is 0 Å². The molecule has 2 rings (SSSR count). The first-order chi connectivity index (χ1) is 10.0. The lowest BCUT2D eigenvalue weighted by atomic mass is 9.98. The number of nitrogens with zero attached hydrogens (tertiary/aromatic N) is 1. The predicted octanol–water partition coefficient (Wildman–Crippen LogP) is 1.63. The molecular weight excluding hydrogens is 272 g/mol. The lowest BCUT2D eigenvalue weighted by Gasteiger charge is -2.31. The number of hydrogen-bond donors (Lipinski definition) is 1. The van der Waals surface area contributed by atoms with Gasteiger partial charge in [-0.25, -0.2) is 0 Å². The van der Waals surface area contributed by atoms with E-state index in [0.717, 1.165) is 12.8 Å². The Bertz CT molecular complexity index is 550. The molecule has 1 N–H and O–H groups in total. The summed E-state index contributed by atoms with van der Waals surface area (Å²) in [6, 6.07) is 1.55. The SMILES string of the molecule is CCOC(=O)C1CCCN(C(=O)c2cc(C(C)=O)c[nH]2)C1. The van der Waals surface area contributed by atoms with E-state index < -0.39 is 0 Å². The molecule has 1 aliphatic heterocycles. The highest BCUT2D eigenvalue weighted by atomic mass is 16.5. The standard InChI is InChI=1S/C15H20N2O4/c1-3-21-15(20)11-5-4-6-17(9-11)14(19)13-7-12(8-16-13)10(2)18/h7-8,11,16H,3-6,9H2,1-2H3. The van der Waals surface area contributed by atoms with Gasteiger partial charge >= 0.3 is 5.97 Å². The average molecular weight is 292 g/mol. The number of Topliss-reactive ketones (excluding diaryl/α,β-unsaturated/α-hetero) is 1. The maximum absolute atomic E-state index is 12.4. The molecule has 1 aromatic rings. The summed E-state index contributed by atoms with van der Waals surface area (Å²) in [7, 11) is 0. The lowest BCUT2D eigenvalue weighted by Crippen LogP contribution is -2.42. The van der Waals surface area contributed by atoms with Crippen LogP contribution in [0.15, 0.2) is 12.3 Å². The topological polar surface area (TPSA) is 79.5 Å². The first-order valence-electron chi connectivity index (χ1n) is 7.18. The van der Waals surface area contributed by atoms with Gasteiger partial charge in [-0.15, -0.1) is 0 Å². The van der Waals surface area contributed by atoms with Crippen molar-refractivity contribution in [3.8, 4) is 0 Å². The van der Waals surface area contributed by atoms with Crippen LogP contribution in [0.3, 0.4) is 0 Å². The van der Waals surface area contributed by atoms with Crippen molar-refractivity contribution in [1.82, 2.24) is 9.88 Å². The summed E-state index contributed by atoms with van der Waals surface area (Å²) in [6.45, 7) is 4.55. The van der Waals surface area contributed by atoms with Crippen molar-refractivity contribution >= 4 is 17.7 Å².